The lowest BCUT2D eigenvalue weighted by atomic mass is 9.99. The molecule has 0 bridgehead atoms. The van der Waals surface area contributed by atoms with Gasteiger partial charge in [0.05, 0.1) is 13.7 Å². The zero-order chi connectivity index (χ0) is 31.9. The molecule has 14 nitrogen and oxygen atoms in total. The van der Waals surface area contributed by atoms with E-state index in [0.29, 0.717) is 5.56 Å². The molecular weight excluding hydrogens is 595 g/mol. The van der Waals surface area contributed by atoms with Gasteiger partial charge in [-0.3, -0.25) is 0 Å². The maximum Gasteiger partial charge on any atom is 0.408 e. The molecule has 1 aliphatic heterocycles. The summed E-state index contributed by atoms with van der Waals surface area (Å²) in [5.74, 6) is -1.11. The van der Waals surface area contributed by atoms with E-state index in [-0.39, 0.29) is 23.6 Å². The van der Waals surface area contributed by atoms with E-state index in [1.165, 1.54) is 48.5 Å². The number of carbonyl (C=O) groups is 2. The second kappa shape index (κ2) is 14.3. The number of hydrogen-bond donors (Lipinski definition) is 5. The maximum atomic E-state index is 15.0. The molecule has 1 fully saturated rings. The third-order valence-corrected chi connectivity index (χ3v) is 6.72. The van der Waals surface area contributed by atoms with Crippen molar-refractivity contribution in [2.45, 2.75) is 69.5 Å². The van der Waals surface area contributed by atoms with E-state index in [1.54, 1.807) is 20.8 Å². The summed E-state index contributed by atoms with van der Waals surface area (Å²) < 4.78 is 56.9. The van der Waals surface area contributed by atoms with Crippen molar-refractivity contribution in [3.05, 3.63) is 54.1 Å². The van der Waals surface area contributed by atoms with Gasteiger partial charge in [0.2, 0.25) is 6.29 Å². The number of benzene rings is 2. The van der Waals surface area contributed by atoms with Crippen LogP contribution < -0.4 is 14.2 Å². The molecule has 1 heterocycles. The molecule has 7 atom stereocenters. The Labute approximate surface area is 248 Å². The van der Waals surface area contributed by atoms with E-state index in [0.717, 1.165) is 7.11 Å². The molecule has 5 N–H and O–H groups in total. The fourth-order valence-corrected chi connectivity index (χ4v) is 4.65. The van der Waals surface area contributed by atoms with Crippen molar-refractivity contribution < 1.29 is 61.2 Å². The molecule has 1 unspecified atom stereocenters. The molecule has 3 rings (SSSR count). The molecule has 1 aliphatic rings. The molecule has 16 heteroatoms. The van der Waals surface area contributed by atoms with Gasteiger partial charge in [-0.15, -0.1) is 4.36 Å². The minimum atomic E-state index is -4.87. The number of nitrogens with zero attached hydrogens (tertiary/aromatic N) is 1. The van der Waals surface area contributed by atoms with E-state index >= 15 is 3.89 Å². The molecule has 2 aromatic carbocycles. The minimum absolute atomic E-state index is 0.00968. The Morgan fingerprint density at radius 1 is 1.07 bits per heavy atom. The maximum absolute atomic E-state index is 15.0. The molecule has 0 aromatic heterocycles. The summed E-state index contributed by atoms with van der Waals surface area (Å²) >= 11 is 0. The summed E-state index contributed by atoms with van der Waals surface area (Å²) in [4.78, 5) is 24.3. The number of rotatable bonds is 10. The van der Waals surface area contributed by atoms with Crippen LogP contribution >= 0.6 is 0 Å². The van der Waals surface area contributed by atoms with Gasteiger partial charge in [0.1, 0.15) is 53.2 Å². The van der Waals surface area contributed by atoms with Crippen LogP contribution in [0.3, 0.4) is 0 Å². The van der Waals surface area contributed by atoms with Gasteiger partial charge in [-0.1, -0.05) is 28.2 Å². The second-order valence-electron chi connectivity index (χ2n) is 10.4. The number of aliphatic hydroxyl groups is 4. The van der Waals surface area contributed by atoms with Crippen LogP contribution in [0.5, 0.6) is 11.5 Å². The van der Waals surface area contributed by atoms with Crippen molar-refractivity contribution in [2.24, 2.45) is 4.36 Å². The Morgan fingerprint density at radius 3 is 2.33 bits per heavy atom. The fraction of sp³-hybridized carbons (Fsp3) is 0.481. The number of amides is 1. The van der Waals surface area contributed by atoms with Crippen LogP contribution in [0.1, 0.15) is 26.3 Å². The standard InChI is InChI=1S/C27H35FN2O12S/c1-27(2,3)41-26(36)29-18(24(35)38-4)13-15-9-11-16(12-10-15)42-43(28,37)30-17-7-5-6-8-19(17)39-25-23(34)22(33)21(32)20(14-31)40-25/h5-12,18,20-23,25,31-34H,13-14H2,1-4H3,(H,29,36)/t18-,20+,21-,22-,23+,25-,43?/m0/s1. The molecule has 0 radical (unpaired) electrons. The van der Waals surface area contributed by atoms with Crippen molar-refractivity contribution >= 4 is 28.1 Å². The first-order valence-electron chi connectivity index (χ1n) is 13.0. The second-order valence-corrected chi connectivity index (χ2v) is 11.6. The minimum Gasteiger partial charge on any atom is -0.467 e. The molecule has 0 saturated carbocycles. The lowest BCUT2D eigenvalue weighted by Crippen LogP contribution is -2.60. The smallest absolute Gasteiger partial charge is 0.408 e. The molecule has 1 amide bonds. The SMILES string of the molecule is COC(=O)[C@H](Cc1ccc(OS(=O)(F)=Nc2ccccc2O[C@H]2O[C@H](CO)[C@H](O)[C@H](O)[C@H]2O)cc1)NC(=O)OC(C)(C)C. The molecule has 0 aliphatic carbocycles. The van der Waals surface area contributed by atoms with Gasteiger partial charge in [0, 0.05) is 6.42 Å². The number of carbonyl (C=O) groups excluding carboxylic acids is 2. The van der Waals surface area contributed by atoms with Crippen molar-refractivity contribution in [1.82, 2.24) is 5.32 Å². The lowest BCUT2D eigenvalue weighted by molar-refractivity contribution is -0.277. The normalized spacial score (nSPS) is 24.2. The van der Waals surface area contributed by atoms with E-state index < -0.39 is 71.4 Å². The number of para-hydroxylation sites is 1. The first kappa shape index (κ1) is 34.0. The third kappa shape index (κ3) is 9.74. The van der Waals surface area contributed by atoms with Crippen LogP contribution in [-0.4, -0.2) is 92.8 Å². The van der Waals surface area contributed by atoms with Gasteiger partial charge in [-0.2, -0.15) is 4.21 Å². The number of halogens is 1. The summed E-state index contributed by atoms with van der Waals surface area (Å²) in [5.41, 5.74) is -0.571. The summed E-state index contributed by atoms with van der Waals surface area (Å²) in [6, 6.07) is 9.82. The molecule has 238 valence electrons. The highest BCUT2D eigenvalue weighted by Crippen LogP contribution is 2.33. The summed E-state index contributed by atoms with van der Waals surface area (Å²) in [5, 5.41) is 42.0. The van der Waals surface area contributed by atoms with Gasteiger partial charge in [-0.25, -0.2) is 9.59 Å². The van der Waals surface area contributed by atoms with Gasteiger partial charge in [0.15, 0.2) is 0 Å². The zero-order valence-electron chi connectivity index (χ0n) is 23.8. The monoisotopic (exact) mass is 630 g/mol. The van der Waals surface area contributed by atoms with Crippen LogP contribution in [0, 0.1) is 0 Å². The van der Waals surface area contributed by atoms with E-state index in [9.17, 15) is 34.2 Å². The number of aliphatic hydroxyl groups excluding tert-OH is 4. The van der Waals surface area contributed by atoms with Gasteiger partial charge >= 0.3 is 22.5 Å². The van der Waals surface area contributed by atoms with Gasteiger partial charge in [0.25, 0.3) is 0 Å². The van der Waals surface area contributed by atoms with Gasteiger partial charge < -0.3 is 48.9 Å². The van der Waals surface area contributed by atoms with E-state index in [1.807, 2.05) is 0 Å². The highest BCUT2D eigenvalue weighted by molar-refractivity contribution is 7.84. The summed E-state index contributed by atoms with van der Waals surface area (Å²) in [6.45, 7) is 4.31. The van der Waals surface area contributed by atoms with Crippen LogP contribution in [0.25, 0.3) is 0 Å². The summed E-state index contributed by atoms with van der Waals surface area (Å²) in [7, 11) is -3.71. The Kier molecular flexibility index (Phi) is 11.3. The number of esters is 1. The van der Waals surface area contributed by atoms with E-state index in [2.05, 4.69) is 9.68 Å². The third-order valence-electron chi connectivity index (χ3n) is 5.90. The Hall–Kier alpha value is -3.54. The Balaban J connectivity index is 1.73. The molecule has 2 aromatic rings. The predicted octanol–water partition coefficient (Wildman–Crippen LogP) is 1.45. The van der Waals surface area contributed by atoms with Crippen molar-refractivity contribution in [3.63, 3.8) is 0 Å². The number of hydrogen-bond acceptors (Lipinski definition) is 13. The van der Waals surface area contributed by atoms with Crippen molar-refractivity contribution in [2.75, 3.05) is 13.7 Å². The average molecular weight is 631 g/mol. The Bertz CT molecular complexity index is 1370. The van der Waals surface area contributed by atoms with Crippen LogP contribution in [0.4, 0.5) is 14.4 Å². The zero-order valence-corrected chi connectivity index (χ0v) is 24.6. The topological polar surface area (TPSA) is 203 Å². The average Bonchev–Trinajstić information content (AvgIpc) is 2.93. The number of alkyl carbamates (subject to hydrolysis) is 1. The molecular formula is C27H35FN2O12S. The quantitative estimate of drug-likeness (QED) is 0.187. The fourth-order valence-electron chi connectivity index (χ4n) is 3.88. The van der Waals surface area contributed by atoms with E-state index in [4.69, 9.17) is 23.1 Å². The largest absolute Gasteiger partial charge is 0.467 e. The highest BCUT2D eigenvalue weighted by Gasteiger charge is 2.45. The van der Waals surface area contributed by atoms with Crippen LogP contribution in [-0.2, 0) is 35.8 Å². The highest BCUT2D eigenvalue weighted by atomic mass is 32.3. The van der Waals surface area contributed by atoms with Crippen LogP contribution in [0.15, 0.2) is 52.9 Å². The van der Waals surface area contributed by atoms with Crippen molar-refractivity contribution in [1.29, 1.82) is 0 Å². The molecule has 43 heavy (non-hydrogen) atoms. The molecule has 0 spiro atoms. The predicted molar refractivity (Wildman–Crippen MR) is 148 cm³/mol. The van der Waals surface area contributed by atoms with Gasteiger partial charge in [-0.05, 0) is 50.6 Å². The first-order valence-corrected chi connectivity index (χ1v) is 14.3. The number of nitrogens with one attached hydrogen (secondary N) is 1. The molecule has 1 saturated heterocycles. The lowest BCUT2D eigenvalue weighted by Gasteiger charge is -2.39. The number of methoxy groups -OCH3 is 1. The number of ether oxygens (including phenoxy) is 4. The Morgan fingerprint density at radius 2 is 1.72 bits per heavy atom. The summed E-state index contributed by atoms with van der Waals surface area (Å²) in [6.07, 6.45) is -8.74. The van der Waals surface area contributed by atoms with Crippen LogP contribution in [0.2, 0.25) is 0 Å². The van der Waals surface area contributed by atoms with Crippen molar-refractivity contribution in [3.8, 4) is 11.5 Å². The first-order chi connectivity index (χ1) is 20.1.